The van der Waals surface area contributed by atoms with Crippen molar-refractivity contribution in [2.45, 2.75) is 45.2 Å². The van der Waals surface area contributed by atoms with Crippen molar-refractivity contribution in [2.75, 3.05) is 19.6 Å². The lowest BCUT2D eigenvalue weighted by Gasteiger charge is -2.31. The maximum absolute atomic E-state index is 3.61. The van der Waals surface area contributed by atoms with Crippen molar-refractivity contribution in [1.29, 1.82) is 0 Å². The van der Waals surface area contributed by atoms with E-state index in [0.29, 0.717) is 12.1 Å². The standard InChI is InChI=1S/C14H24N2S/c1-3-8-16(10-14-5-4-7-15-14)12(2)13-6-9-17-11-13/h6,9,11-12,14-15H,3-5,7-8,10H2,1-2H3. The minimum atomic E-state index is 0.559. The van der Waals surface area contributed by atoms with E-state index in [1.807, 2.05) is 0 Å². The number of nitrogens with zero attached hydrogens (tertiary/aromatic N) is 1. The highest BCUT2D eigenvalue weighted by atomic mass is 32.1. The molecule has 2 rings (SSSR count). The Balaban J connectivity index is 1.95. The fraction of sp³-hybridized carbons (Fsp3) is 0.714. The number of hydrogen-bond acceptors (Lipinski definition) is 3. The van der Waals surface area contributed by atoms with Crippen LogP contribution in [0.3, 0.4) is 0 Å². The first-order chi connectivity index (χ1) is 8.31. The molecule has 2 nitrogen and oxygen atoms in total. The zero-order valence-corrected chi connectivity index (χ0v) is 11.8. The lowest BCUT2D eigenvalue weighted by Crippen LogP contribution is -2.39. The Bertz CT molecular complexity index is 304. The van der Waals surface area contributed by atoms with Crippen LogP contribution in [0.2, 0.25) is 0 Å². The van der Waals surface area contributed by atoms with Gasteiger partial charge in [0.1, 0.15) is 0 Å². The molecule has 0 amide bonds. The van der Waals surface area contributed by atoms with Gasteiger partial charge in [-0.2, -0.15) is 11.3 Å². The van der Waals surface area contributed by atoms with Crippen LogP contribution >= 0.6 is 11.3 Å². The highest BCUT2D eigenvalue weighted by molar-refractivity contribution is 7.07. The summed E-state index contributed by atoms with van der Waals surface area (Å²) < 4.78 is 0. The van der Waals surface area contributed by atoms with Gasteiger partial charge in [0.15, 0.2) is 0 Å². The molecule has 0 radical (unpaired) electrons. The van der Waals surface area contributed by atoms with Crippen LogP contribution in [0, 0.1) is 0 Å². The highest BCUT2D eigenvalue weighted by Gasteiger charge is 2.21. The summed E-state index contributed by atoms with van der Waals surface area (Å²) in [6.45, 7) is 8.22. The normalized spacial score (nSPS) is 22.2. The summed E-state index contributed by atoms with van der Waals surface area (Å²) in [5, 5.41) is 8.08. The van der Waals surface area contributed by atoms with E-state index in [2.05, 4.69) is 40.9 Å². The van der Waals surface area contributed by atoms with Crippen LogP contribution in [0.4, 0.5) is 0 Å². The Morgan fingerprint density at radius 1 is 1.59 bits per heavy atom. The average Bonchev–Trinajstić information content (AvgIpc) is 3.00. The third-order valence-electron chi connectivity index (χ3n) is 3.70. The molecule has 2 atom stereocenters. The number of hydrogen-bond donors (Lipinski definition) is 1. The van der Waals surface area contributed by atoms with Gasteiger partial charge in [-0.1, -0.05) is 6.92 Å². The van der Waals surface area contributed by atoms with E-state index in [0.717, 1.165) is 0 Å². The molecule has 0 spiro atoms. The second kappa shape index (κ2) is 6.53. The first-order valence-electron chi connectivity index (χ1n) is 6.80. The molecule has 1 fully saturated rings. The quantitative estimate of drug-likeness (QED) is 0.836. The van der Waals surface area contributed by atoms with Gasteiger partial charge in [-0.15, -0.1) is 0 Å². The SMILES string of the molecule is CCCN(CC1CCCN1)C(C)c1ccsc1. The molecule has 96 valence electrons. The topological polar surface area (TPSA) is 15.3 Å². The average molecular weight is 252 g/mol. The molecular formula is C14H24N2S. The van der Waals surface area contributed by atoms with Crippen LogP contribution in [0.5, 0.6) is 0 Å². The molecule has 2 unspecified atom stereocenters. The van der Waals surface area contributed by atoms with Gasteiger partial charge in [0.25, 0.3) is 0 Å². The molecule has 0 aromatic carbocycles. The minimum absolute atomic E-state index is 0.559. The van der Waals surface area contributed by atoms with E-state index in [1.165, 1.54) is 44.5 Å². The van der Waals surface area contributed by atoms with E-state index >= 15 is 0 Å². The zero-order chi connectivity index (χ0) is 12.1. The maximum atomic E-state index is 3.61. The van der Waals surface area contributed by atoms with Crippen LogP contribution in [-0.4, -0.2) is 30.6 Å². The second-order valence-electron chi connectivity index (χ2n) is 5.02. The molecule has 1 aliphatic heterocycles. The number of rotatable bonds is 6. The third-order valence-corrected chi connectivity index (χ3v) is 4.40. The minimum Gasteiger partial charge on any atom is -0.313 e. The van der Waals surface area contributed by atoms with Crippen LogP contribution in [0.1, 0.15) is 44.7 Å². The van der Waals surface area contributed by atoms with Gasteiger partial charge in [0.2, 0.25) is 0 Å². The van der Waals surface area contributed by atoms with Gasteiger partial charge >= 0.3 is 0 Å². The van der Waals surface area contributed by atoms with Crippen LogP contribution < -0.4 is 5.32 Å². The molecule has 2 heterocycles. The lowest BCUT2D eigenvalue weighted by molar-refractivity contribution is 0.193. The molecule has 0 bridgehead atoms. The van der Waals surface area contributed by atoms with Gasteiger partial charge < -0.3 is 5.32 Å². The zero-order valence-electron chi connectivity index (χ0n) is 11.0. The van der Waals surface area contributed by atoms with E-state index in [4.69, 9.17) is 0 Å². The van der Waals surface area contributed by atoms with Crippen molar-refractivity contribution in [3.8, 4) is 0 Å². The molecule has 1 aliphatic rings. The first kappa shape index (κ1) is 13.1. The Kier molecular flexibility index (Phi) is 5.01. The lowest BCUT2D eigenvalue weighted by atomic mass is 10.1. The molecule has 1 N–H and O–H groups in total. The molecule has 3 heteroatoms. The van der Waals surface area contributed by atoms with Crippen LogP contribution in [0.25, 0.3) is 0 Å². The Morgan fingerprint density at radius 3 is 3.06 bits per heavy atom. The third kappa shape index (κ3) is 3.54. The van der Waals surface area contributed by atoms with Gasteiger partial charge in [0.05, 0.1) is 0 Å². The molecule has 17 heavy (non-hydrogen) atoms. The smallest absolute Gasteiger partial charge is 0.0328 e. The summed E-state index contributed by atoms with van der Waals surface area (Å²) in [7, 11) is 0. The summed E-state index contributed by atoms with van der Waals surface area (Å²) in [5.41, 5.74) is 1.47. The number of thiophene rings is 1. The Hall–Kier alpha value is -0.380. The Labute approximate surface area is 109 Å². The fourth-order valence-corrected chi connectivity index (χ4v) is 3.40. The van der Waals surface area contributed by atoms with Gasteiger partial charge in [0, 0.05) is 18.6 Å². The highest BCUT2D eigenvalue weighted by Crippen LogP contribution is 2.23. The summed E-state index contributed by atoms with van der Waals surface area (Å²) in [5.74, 6) is 0. The monoisotopic (exact) mass is 252 g/mol. The predicted molar refractivity (Wildman–Crippen MR) is 75.6 cm³/mol. The number of nitrogens with one attached hydrogen (secondary N) is 1. The van der Waals surface area contributed by atoms with E-state index in [9.17, 15) is 0 Å². The first-order valence-corrected chi connectivity index (χ1v) is 7.75. The van der Waals surface area contributed by atoms with Crippen molar-refractivity contribution in [3.63, 3.8) is 0 Å². The van der Waals surface area contributed by atoms with Crippen LogP contribution in [0.15, 0.2) is 16.8 Å². The van der Waals surface area contributed by atoms with Crippen LogP contribution in [-0.2, 0) is 0 Å². The molecule has 1 aromatic heterocycles. The summed E-state index contributed by atoms with van der Waals surface area (Å²) >= 11 is 1.80. The Morgan fingerprint density at radius 2 is 2.47 bits per heavy atom. The molecule has 0 aliphatic carbocycles. The summed E-state index contributed by atoms with van der Waals surface area (Å²) in [6.07, 6.45) is 3.93. The van der Waals surface area contributed by atoms with Gasteiger partial charge in [-0.3, -0.25) is 4.90 Å². The van der Waals surface area contributed by atoms with Crippen molar-refractivity contribution >= 4 is 11.3 Å². The summed E-state index contributed by atoms with van der Waals surface area (Å²) in [4.78, 5) is 2.63. The van der Waals surface area contributed by atoms with Gasteiger partial charge in [-0.25, -0.2) is 0 Å². The second-order valence-corrected chi connectivity index (χ2v) is 5.80. The van der Waals surface area contributed by atoms with Crippen molar-refractivity contribution < 1.29 is 0 Å². The van der Waals surface area contributed by atoms with Crippen molar-refractivity contribution in [3.05, 3.63) is 22.4 Å². The largest absolute Gasteiger partial charge is 0.313 e. The maximum Gasteiger partial charge on any atom is 0.0328 e. The molecular weight excluding hydrogens is 228 g/mol. The molecule has 0 saturated carbocycles. The molecule has 1 aromatic rings. The van der Waals surface area contributed by atoms with Crippen molar-refractivity contribution in [2.24, 2.45) is 0 Å². The van der Waals surface area contributed by atoms with E-state index in [1.54, 1.807) is 11.3 Å². The fourth-order valence-electron chi connectivity index (χ4n) is 2.65. The van der Waals surface area contributed by atoms with E-state index in [-0.39, 0.29) is 0 Å². The summed E-state index contributed by atoms with van der Waals surface area (Å²) in [6, 6.07) is 3.53. The van der Waals surface area contributed by atoms with Gasteiger partial charge in [-0.05, 0) is 61.7 Å². The van der Waals surface area contributed by atoms with E-state index < -0.39 is 0 Å². The predicted octanol–water partition coefficient (Wildman–Crippen LogP) is 3.27. The van der Waals surface area contributed by atoms with Crippen molar-refractivity contribution in [1.82, 2.24) is 10.2 Å². The molecule has 1 saturated heterocycles.